The zero-order valence-corrected chi connectivity index (χ0v) is 19.1. The van der Waals surface area contributed by atoms with Gasteiger partial charge in [0.2, 0.25) is 0 Å². The van der Waals surface area contributed by atoms with Gasteiger partial charge in [-0.15, -0.1) is 0 Å². The largest absolute Gasteiger partial charge is 0.497 e. The van der Waals surface area contributed by atoms with Crippen LogP contribution in [0, 0.1) is 0 Å². The molecule has 1 atom stereocenters. The zero-order chi connectivity index (χ0) is 22.7. The lowest BCUT2D eigenvalue weighted by atomic mass is 9.93. The molecule has 2 rings (SSSR count). The van der Waals surface area contributed by atoms with Crippen LogP contribution in [0.25, 0.3) is 0 Å². The van der Waals surface area contributed by atoms with Crippen molar-refractivity contribution in [2.45, 2.75) is 67.9 Å². The Kier molecular flexibility index (Phi) is 9.45. The summed E-state index contributed by atoms with van der Waals surface area (Å²) in [4.78, 5) is 21.6. The SMILES string of the molecule is CCCCCCCCC(Cc1cccnc1)(C(=O)ON)S(=O)(=O)c1ccc(OC)cc1. The van der Waals surface area contributed by atoms with E-state index in [1.165, 1.54) is 19.2 Å². The van der Waals surface area contributed by atoms with Gasteiger partial charge in [0, 0.05) is 18.8 Å². The highest BCUT2D eigenvalue weighted by Crippen LogP contribution is 2.36. The van der Waals surface area contributed by atoms with Crippen LogP contribution in [0.3, 0.4) is 0 Å². The highest BCUT2D eigenvalue weighted by Gasteiger charge is 2.52. The predicted octanol–water partition coefficient (Wildman–Crippen LogP) is 4.01. The van der Waals surface area contributed by atoms with Gasteiger partial charge in [0.1, 0.15) is 5.75 Å². The maximum atomic E-state index is 13.8. The van der Waals surface area contributed by atoms with Crippen LogP contribution < -0.4 is 10.6 Å². The molecule has 7 nitrogen and oxygen atoms in total. The van der Waals surface area contributed by atoms with Gasteiger partial charge >= 0.3 is 5.97 Å². The third kappa shape index (κ3) is 6.04. The molecule has 1 unspecified atom stereocenters. The molecule has 0 saturated carbocycles. The minimum absolute atomic E-state index is 0.0218. The standard InChI is InChI=1S/C23H32N2O5S/c1-3-4-5-6-7-8-15-23(22(26)30-24,17-19-10-9-16-25-18-19)31(27,28)21-13-11-20(29-2)12-14-21/h9-14,16,18H,3-8,15,17,24H2,1-2H3. The smallest absolute Gasteiger partial charge is 0.346 e. The maximum absolute atomic E-state index is 13.8. The summed E-state index contributed by atoms with van der Waals surface area (Å²) in [5.74, 6) is 4.82. The van der Waals surface area contributed by atoms with Gasteiger partial charge in [0.05, 0.1) is 12.0 Å². The number of carbonyl (C=O) groups is 1. The number of sulfone groups is 1. The average molecular weight is 449 g/mol. The zero-order valence-electron chi connectivity index (χ0n) is 18.2. The Bertz CT molecular complexity index is 917. The third-order valence-corrected chi connectivity index (χ3v) is 7.95. The van der Waals surface area contributed by atoms with Gasteiger partial charge in [-0.25, -0.2) is 13.2 Å². The number of benzene rings is 1. The minimum atomic E-state index is -4.13. The van der Waals surface area contributed by atoms with E-state index in [1.54, 1.807) is 36.7 Å². The fourth-order valence-corrected chi connectivity index (χ4v) is 5.70. The van der Waals surface area contributed by atoms with Crippen molar-refractivity contribution in [2.24, 2.45) is 5.90 Å². The Hall–Kier alpha value is -2.45. The van der Waals surface area contributed by atoms with Gasteiger partial charge in [-0.05, 0) is 42.3 Å². The van der Waals surface area contributed by atoms with Crippen LogP contribution in [0.1, 0.15) is 57.4 Å². The van der Waals surface area contributed by atoms with E-state index >= 15 is 0 Å². The lowest BCUT2D eigenvalue weighted by Gasteiger charge is -2.30. The van der Waals surface area contributed by atoms with E-state index in [0.717, 1.165) is 32.1 Å². The minimum Gasteiger partial charge on any atom is -0.497 e. The number of hydrogen-bond acceptors (Lipinski definition) is 7. The summed E-state index contributed by atoms with van der Waals surface area (Å²) in [6.07, 6.45) is 8.90. The summed E-state index contributed by atoms with van der Waals surface area (Å²) in [6, 6.07) is 9.45. The summed E-state index contributed by atoms with van der Waals surface area (Å²) in [6.45, 7) is 2.14. The van der Waals surface area contributed by atoms with Crippen molar-refractivity contribution in [2.75, 3.05) is 7.11 Å². The second-order valence-electron chi connectivity index (χ2n) is 7.63. The normalized spacial score (nSPS) is 13.4. The lowest BCUT2D eigenvalue weighted by Crippen LogP contribution is -2.50. The summed E-state index contributed by atoms with van der Waals surface area (Å²) in [5, 5.41) is 0. The van der Waals surface area contributed by atoms with E-state index in [-0.39, 0.29) is 17.7 Å². The molecule has 0 aliphatic rings. The van der Waals surface area contributed by atoms with Crippen LogP contribution in [-0.4, -0.2) is 31.2 Å². The Labute approximate surface area is 184 Å². The average Bonchev–Trinajstić information content (AvgIpc) is 2.80. The van der Waals surface area contributed by atoms with Crippen molar-refractivity contribution in [1.29, 1.82) is 0 Å². The molecule has 170 valence electrons. The van der Waals surface area contributed by atoms with Crippen LogP contribution in [0.15, 0.2) is 53.7 Å². The number of methoxy groups -OCH3 is 1. The molecule has 0 bridgehead atoms. The van der Waals surface area contributed by atoms with E-state index in [4.69, 9.17) is 10.6 Å². The van der Waals surface area contributed by atoms with Crippen LogP contribution in [0.4, 0.5) is 0 Å². The van der Waals surface area contributed by atoms with Crippen molar-refractivity contribution >= 4 is 15.8 Å². The number of aromatic nitrogens is 1. The third-order valence-electron chi connectivity index (χ3n) is 5.51. The Balaban J connectivity index is 2.44. The fraction of sp³-hybridized carbons (Fsp3) is 0.478. The molecule has 2 aromatic rings. The van der Waals surface area contributed by atoms with E-state index in [9.17, 15) is 13.2 Å². The molecule has 0 spiro atoms. The van der Waals surface area contributed by atoms with Crippen molar-refractivity contribution in [3.63, 3.8) is 0 Å². The number of unbranched alkanes of at least 4 members (excludes halogenated alkanes) is 5. The topological polar surface area (TPSA) is 109 Å². The van der Waals surface area contributed by atoms with Crippen molar-refractivity contribution in [1.82, 2.24) is 4.98 Å². The number of rotatable bonds is 13. The monoisotopic (exact) mass is 448 g/mol. The maximum Gasteiger partial charge on any atom is 0.346 e. The molecule has 31 heavy (non-hydrogen) atoms. The lowest BCUT2D eigenvalue weighted by molar-refractivity contribution is -0.147. The molecule has 0 radical (unpaired) electrons. The summed E-state index contributed by atoms with van der Waals surface area (Å²) < 4.78 is 30.9. The molecule has 0 fully saturated rings. The van der Waals surface area contributed by atoms with E-state index in [2.05, 4.69) is 16.7 Å². The molecule has 1 heterocycles. The second kappa shape index (κ2) is 11.8. The molecule has 0 aliphatic carbocycles. The predicted molar refractivity (Wildman–Crippen MR) is 119 cm³/mol. The summed E-state index contributed by atoms with van der Waals surface area (Å²) in [7, 11) is -2.63. The van der Waals surface area contributed by atoms with Crippen molar-refractivity contribution in [3.8, 4) is 5.75 Å². The van der Waals surface area contributed by atoms with Crippen molar-refractivity contribution in [3.05, 3.63) is 54.4 Å². The van der Waals surface area contributed by atoms with E-state index in [1.807, 2.05) is 0 Å². The number of ether oxygens (including phenoxy) is 1. The Morgan fingerprint density at radius 2 is 1.74 bits per heavy atom. The first-order valence-corrected chi connectivity index (χ1v) is 12.1. The Morgan fingerprint density at radius 3 is 2.32 bits per heavy atom. The van der Waals surface area contributed by atoms with Gasteiger partial charge in [0.25, 0.3) is 0 Å². The van der Waals surface area contributed by atoms with Crippen molar-refractivity contribution < 1.29 is 22.8 Å². The van der Waals surface area contributed by atoms with Crippen LogP contribution >= 0.6 is 0 Å². The number of carbonyl (C=O) groups excluding carboxylic acids is 1. The first-order chi connectivity index (χ1) is 14.9. The molecular weight excluding hydrogens is 416 g/mol. The number of nitrogens with zero attached hydrogens (tertiary/aromatic N) is 1. The van der Waals surface area contributed by atoms with Crippen LogP contribution in [0.2, 0.25) is 0 Å². The number of nitrogens with two attached hydrogens (primary N) is 1. The molecule has 1 aromatic heterocycles. The van der Waals surface area contributed by atoms with Crippen LogP contribution in [-0.2, 0) is 25.9 Å². The first kappa shape index (κ1) is 24.8. The molecule has 8 heteroatoms. The molecule has 0 aliphatic heterocycles. The van der Waals surface area contributed by atoms with Gasteiger partial charge in [-0.1, -0.05) is 51.5 Å². The van der Waals surface area contributed by atoms with Gasteiger partial charge < -0.3 is 9.57 Å². The van der Waals surface area contributed by atoms with Crippen LogP contribution in [0.5, 0.6) is 5.75 Å². The quantitative estimate of drug-likeness (QED) is 0.364. The first-order valence-electron chi connectivity index (χ1n) is 10.6. The summed E-state index contributed by atoms with van der Waals surface area (Å²) in [5.41, 5.74) is 0.621. The number of hydrogen-bond donors (Lipinski definition) is 1. The molecule has 1 aromatic carbocycles. The Morgan fingerprint density at radius 1 is 1.06 bits per heavy atom. The molecular formula is C23H32N2O5S. The second-order valence-corrected chi connectivity index (χ2v) is 9.89. The summed E-state index contributed by atoms with van der Waals surface area (Å²) >= 11 is 0. The molecule has 0 amide bonds. The fourth-order valence-electron chi connectivity index (χ4n) is 3.71. The molecule has 2 N–H and O–H groups in total. The number of pyridine rings is 1. The van der Waals surface area contributed by atoms with E-state index < -0.39 is 20.6 Å². The molecule has 0 saturated heterocycles. The van der Waals surface area contributed by atoms with Gasteiger partial charge in [-0.2, -0.15) is 5.90 Å². The van der Waals surface area contributed by atoms with E-state index in [0.29, 0.717) is 17.7 Å². The highest BCUT2D eigenvalue weighted by molar-refractivity contribution is 7.93. The van der Waals surface area contributed by atoms with Gasteiger partial charge in [0.15, 0.2) is 14.6 Å². The van der Waals surface area contributed by atoms with Gasteiger partial charge in [-0.3, -0.25) is 4.98 Å². The highest BCUT2D eigenvalue weighted by atomic mass is 32.2.